The molecule has 0 aliphatic heterocycles. The largest absolute Gasteiger partial charge is 0.430 e. The van der Waals surface area contributed by atoms with Crippen LogP contribution >= 0.6 is 0 Å². The Balaban J connectivity index is 2.47. The van der Waals surface area contributed by atoms with E-state index in [4.69, 9.17) is 4.42 Å². The molecule has 0 atom stereocenters. The number of aliphatic hydroxyl groups is 1. The smallest absolute Gasteiger partial charge is 0.320 e. The highest BCUT2D eigenvalue weighted by atomic mass is 32.2. The second kappa shape index (κ2) is 4.22. The van der Waals surface area contributed by atoms with Crippen LogP contribution in [0.3, 0.4) is 0 Å². The topological polar surface area (TPSA) is 80.4 Å². The van der Waals surface area contributed by atoms with E-state index in [2.05, 4.69) is 4.98 Å². The van der Waals surface area contributed by atoms with E-state index >= 15 is 0 Å². The summed E-state index contributed by atoms with van der Waals surface area (Å²) in [6, 6.07) is 7.88. The van der Waals surface area contributed by atoms with Gasteiger partial charge in [0.15, 0.2) is 5.76 Å². The van der Waals surface area contributed by atoms with Gasteiger partial charge in [-0.2, -0.15) is 0 Å². The van der Waals surface area contributed by atoms with E-state index in [-0.39, 0.29) is 10.7 Å². The molecular formula is C12H13NO4S. The maximum atomic E-state index is 12.1. The van der Waals surface area contributed by atoms with Gasteiger partial charge in [-0.3, -0.25) is 0 Å². The second-order valence-corrected chi connectivity index (χ2v) is 6.19. The van der Waals surface area contributed by atoms with E-state index in [9.17, 15) is 13.5 Å². The molecule has 1 aromatic carbocycles. The van der Waals surface area contributed by atoms with Gasteiger partial charge < -0.3 is 9.52 Å². The molecule has 0 unspecified atom stereocenters. The first kappa shape index (κ1) is 12.8. The maximum Gasteiger partial charge on any atom is 0.320 e. The zero-order chi connectivity index (χ0) is 13.4. The molecule has 0 radical (unpaired) electrons. The van der Waals surface area contributed by atoms with Crippen LogP contribution in [0.2, 0.25) is 0 Å². The third-order valence-electron chi connectivity index (χ3n) is 2.37. The maximum absolute atomic E-state index is 12.1. The Morgan fingerprint density at radius 2 is 1.83 bits per heavy atom. The summed E-state index contributed by atoms with van der Waals surface area (Å²) in [4.78, 5) is 3.82. The van der Waals surface area contributed by atoms with Gasteiger partial charge in [0.05, 0.1) is 11.1 Å². The molecule has 1 aromatic heterocycles. The summed E-state index contributed by atoms with van der Waals surface area (Å²) in [6.07, 6.45) is 1.22. The number of sulfone groups is 1. The molecule has 5 nitrogen and oxygen atoms in total. The van der Waals surface area contributed by atoms with Gasteiger partial charge in [-0.25, -0.2) is 13.4 Å². The van der Waals surface area contributed by atoms with Crippen LogP contribution in [0.5, 0.6) is 0 Å². The highest BCUT2D eigenvalue weighted by Crippen LogP contribution is 2.25. The van der Waals surface area contributed by atoms with Crippen LogP contribution in [-0.2, 0) is 15.4 Å². The SMILES string of the molecule is CC(C)(O)c1cnc(S(=O)(=O)c2ccccc2)o1. The lowest BCUT2D eigenvalue weighted by molar-refractivity contribution is 0.0500. The molecule has 0 aliphatic carbocycles. The monoisotopic (exact) mass is 267 g/mol. The van der Waals surface area contributed by atoms with Gasteiger partial charge >= 0.3 is 5.22 Å². The average molecular weight is 267 g/mol. The van der Waals surface area contributed by atoms with E-state index in [1.165, 1.54) is 32.2 Å². The van der Waals surface area contributed by atoms with Crippen molar-refractivity contribution in [3.63, 3.8) is 0 Å². The summed E-state index contributed by atoms with van der Waals surface area (Å²) in [7, 11) is -3.77. The van der Waals surface area contributed by atoms with Crippen LogP contribution < -0.4 is 0 Å². The molecule has 2 aromatic rings. The van der Waals surface area contributed by atoms with Crippen molar-refractivity contribution in [1.82, 2.24) is 4.98 Å². The molecule has 0 amide bonds. The molecule has 0 aliphatic rings. The van der Waals surface area contributed by atoms with Crippen molar-refractivity contribution in [2.45, 2.75) is 29.6 Å². The van der Waals surface area contributed by atoms with E-state index < -0.39 is 20.7 Å². The number of rotatable bonds is 3. The summed E-state index contributed by atoms with van der Waals surface area (Å²) >= 11 is 0. The standard InChI is InChI=1S/C12H13NO4S/c1-12(2,14)10-8-13-11(17-10)18(15,16)9-6-4-3-5-7-9/h3-8,14H,1-2H3. The van der Waals surface area contributed by atoms with Crippen molar-refractivity contribution in [1.29, 1.82) is 0 Å². The van der Waals surface area contributed by atoms with Crippen molar-refractivity contribution in [3.05, 3.63) is 42.3 Å². The Morgan fingerprint density at radius 1 is 1.22 bits per heavy atom. The molecule has 0 saturated heterocycles. The predicted octanol–water partition coefficient (Wildman–Crippen LogP) is 1.73. The van der Waals surface area contributed by atoms with Crippen LogP contribution in [0.15, 0.2) is 51.1 Å². The van der Waals surface area contributed by atoms with Crippen molar-refractivity contribution in [2.75, 3.05) is 0 Å². The van der Waals surface area contributed by atoms with Crippen LogP contribution in [0.25, 0.3) is 0 Å². The number of benzene rings is 1. The minimum Gasteiger partial charge on any atom is -0.430 e. The number of nitrogens with zero attached hydrogens (tertiary/aromatic N) is 1. The highest BCUT2D eigenvalue weighted by Gasteiger charge is 2.28. The molecule has 1 heterocycles. The van der Waals surface area contributed by atoms with Gasteiger partial charge in [0.25, 0.3) is 9.84 Å². The average Bonchev–Trinajstić information content (AvgIpc) is 2.79. The Kier molecular flexibility index (Phi) is 3.00. The lowest BCUT2D eigenvalue weighted by Crippen LogP contribution is -2.14. The zero-order valence-corrected chi connectivity index (χ0v) is 10.8. The fourth-order valence-corrected chi connectivity index (χ4v) is 2.47. The van der Waals surface area contributed by atoms with E-state index in [0.29, 0.717) is 0 Å². The summed E-state index contributed by atoms with van der Waals surface area (Å²) in [6.45, 7) is 2.98. The third-order valence-corrected chi connectivity index (χ3v) is 3.91. The molecule has 0 fully saturated rings. The van der Waals surface area contributed by atoms with Crippen LogP contribution in [0.4, 0.5) is 0 Å². The minimum absolute atomic E-state index is 0.106. The number of oxazole rings is 1. The zero-order valence-electron chi connectivity index (χ0n) is 9.99. The molecule has 96 valence electrons. The van der Waals surface area contributed by atoms with E-state index in [1.54, 1.807) is 18.2 Å². The third kappa shape index (κ3) is 2.30. The quantitative estimate of drug-likeness (QED) is 0.916. The minimum atomic E-state index is -3.77. The molecule has 0 saturated carbocycles. The first-order valence-electron chi connectivity index (χ1n) is 5.30. The number of hydrogen-bond donors (Lipinski definition) is 1. The van der Waals surface area contributed by atoms with Gasteiger partial charge in [-0.15, -0.1) is 0 Å². The normalized spacial score (nSPS) is 12.6. The van der Waals surface area contributed by atoms with Crippen LogP contribution in [0.1, 0.15) is 19.6 Å². The molecule has 0 spiro atoms. The fourth-order valence-electron chi connectivity index (χ4n) is 1.37. The molecule has 0 bridgehead atoms. The van der Waals surface area contributed by atoms with E-state index in [1.807, 2.05) is 0 Å². The first-order chi connectivity index (χ1) is 8.32. The van der Waals surface area contributed by atoms with Crippen molar-refractivity contribution in [2.24, 2.45) is 0 Å². The van der Waals surface area contributed by atoms with Crippen LogP contribution in [-0.4, -0.2) is 18.5 Å². The molecule has 6 heteroatoms. The molecular weight excluding hydrogens is 254 g/mol. The van der Waals surface area contributed by atoms with Gasteiger partial charge in [0.1, 0.15) is 5.60 Å². The van der Waals surface area contributed by atoms with Gasteiger partial charge in [0, 0.05) is 0 Å². The Labute approximate surface area is 105 Å². The Morgan fingerprint density at radius 3 is 2.33 bits per heavy atom. The lowest BCUT2D eigenvalue weighted by Gasteiger charge is -2.11. The number of hydrogen-bond acceptors (Lipinski definition) is 5. The van der Waals surface area contributed by atoms with E-state index in [0.717, 1.165) is 0 Å². The second-order valence-electron chi connectivity index (χ2n) is 4.37. The van der Waals surface area contributed by atoms with Gasteiger partial charge in [-0.1, -0.05) is 18.2 Å². The summed E-state index contributed by atoms with van der Waals surface area (Å²) < 4.78 is 29.4. The Hall–Kier alpha value is -1.66. The molecule has 1 N–H and O–H groups in total. The van der Waals surface area contributed by atoms with Crippen LogP contribution in [0, 0.1) is 0 Å². The molecule has 2 rings (SSSR count). The summed E-state index contributed by atoms with van der Waals surface area (Å²) in [5.41, 5.74) is -1.27. The lowest BCUT2D eigenvalue weighted by atomic mass is 10.1. The van der Waals surface area contributed by atoms with Crippen molar-refractivity contribution >= 4 is 9.84 Å². The fraction of sp³-hybridized carbons (Fsp3) is 0.250. The summed E-state index contributed by atoms with van der Waals surface area (Å²) in [5, 5.41) is 9.30. The molecule has 18 heavy (non-hydrogen) atoms. The van der Waals surface area contributed by atoms with Crippen molar-refractivity contribution in [3.8, 4) is 0 Å². The first-order valence-corrected chi connectivity index (χ1v) is 6.79. The Bertz CT molecular complexity index is 638. The van der Waals surface area contributed by atoms with Gasteiger partial charge in [0.2, 0.25) is 0 Å². The summed E-state index contributed by atoms with van der Waals surface area (Å²) in [5.74, 6) is 0.108. The number of aromatic nitrogens is 1. The highest BCUT2D eigenvalue weighted by molar-refractivity contribution is 7.91. The predicted molar refractivity (Wildman–Crippen MR) is 63.6 cm³/mol. The van der Waals surface area contributed by atoms with Gasteiger partial charge in [-0.05, 0) is 26.0 Å². The van der Waals surface area contributed by atoms with Crippen molar-refractivity contribution < 1.29 is 17.9 Å².